The van der Waals surface area contributed by atoms with Crippen molar-refractivity contribution in [3.63, 3.8) is 0 Å². The second-order valence-electron chi connectivity index (χ2n) is 7.05. The van der Waals surface area contributed by atoms with E-state index in [0.717, 1.165) is 61.3 Å². The highest BCUT2D eigenvalue weighted by Gasteiger charge is 2.13. The average molecular weight is 411 g/mol. The van der Waals surface area contributed by atoms with E-state index in [1.54, 1.807) is 0 Å². The van der Waals surface area contributed by atoms with Crippen molar-refractivity contribution in [2.75, 3.05) is 37.4 Å². The molecule has 152 valence electrons. The zero-order valence-corrected chi connectivity index (χ0v) is 17.5. The van der Waals surface area contributed by atoms with E-state index in [1.165, 1.54) is 17.3 Å². The van der Waals surface area contributed by atoms with E-state index in [9.17, 15) is 4.79 Å². The SMILES string of the molecule is CCn1c(SCC(=O)Nc2ccc(CN3CCOCC3)cc2)nc2ccccc21. The van der Waals surface area contributed by atoms with Crippen LogP contribution in [0.3, 0.4) is 0 Å². The largest absolute Gasteiger partial charge is 0.379 e. The number of morpholine rings is 1. The van der Waals surface area contributed by atoms with E-state index in [4.69, 9.17) is 4.74 Å². The molecule has 29 heavy (non-hydrogen) atoms. The van der Waals surface area contributed by atoms with Crippen LogP contribution >= 0.6 is 11.8 Å². The van der Waals surface area contributed by atoms with Crippen LogP contribution in [0.2, 0.25) is 0 Å². The minimum Gasteiger partial charge on any atom is -0.379 e. The van der Waals surface area contributed by atoms with Gasteiger partial charge in [-0.1, -0.05) is 36.0 Å². The summed E-state index contributed by atoms with van der Waals surface area (Å²) in [4.78, 5) is 19.5. The number of nitrogens with one attached hydrogen (secondary N) is 1. The van der Waals surface area contributed by atoms with Crippen LogP contribution in [0.1, 0.15) is 12.5 Å². The molecule has 1 saturated heterocycles. The Morgan fingerprint density at radius 2 is 1.90 bits per heavy atom. The standard InChI is InChI=1S/C22H26N4O2S/c1-2-26-20-6-4-3-5-19(20)24-22(26)29-16-21(27)23-18-9-7-17(8-10-18)15-25-11-13-28-14-12-25/h3-10H,2,11-16H2,1H3,(H,23,27). The van der Waals surface area contributed by atoms with Gasteiger partial charge in [-0.2, -0.15) is 0 Å². The lowest BCUT2D eigenvalue weighted by Crippen LogP contribution is -2.35. The highest BCUT2D eigenvalue weighted by atomic mass is 32.2. The van der Waals surface area contributed by atoms with Gasteiger partial charge in [-0.05, 0) is 36.8 Å². The summed E-state index contributed by atoms with van der Waals surface area (Å²) in [5.74, 6) is 0.310. The predicted molar refractivity (Wildman–Crippen MR) is 117 cm³/mol. The molecule has 0 spiro atoms. The molecule has 1 aromatic heterocycles. The number of fused-ring (bicyclic) bond motifs is 1. The van der Waals surface area contributed by atoms with Crippen LogP contribution in [0.25, 0.3) is 11.0 Å². The summed E-state index contributed by atoms with van der Waals surface area (Å²) >= 11 is 1.47. The van der Waals surface area contributed by atoms with Gasteiger partial charge >= 0.3 is 0 Å². The number of amides is 1. The second-order valence-corrected chi connectivity index (χ2v) is 7.99. The molecule has 1 aliphatic rings. The molecule has 3 aromatic rings. The van der Waals surface area contributed by atoms with Crippen molar-refractivity contribution < 1.29 is 9.53 Å². The van der Waals surface area contributed by atoms with Gasteiger partial charge in [0.1, 0.15) is 0 Å². The van der Waals surface area contributed by atoms with Crippen molar-refractivity contribution >= 4 is 34.4 Å². The molecule has 7 heteroatoms. The van der Waals surface area contributed by atoms with E-state index in [1.807, 2.05) is 30.3 Å². The highest BCUT2D eigenvalue weighted by Crippen LogP contribution is 2.24. The maximum absolute atomic E-state index is 12.4. The fraction of sp³-hybridized carbons (Fsp3) is 0.364. The molecule has 4 rings (SSSR count). The lowest BCUT2D eigenvalue weighted by atomic mass is 10.2. The Morgan fingerprint density at radius 3 is 2.66 bits per heavy atom. The zero-order valence-electron chi connectivity index (χ0n) is 16.6. The van der Waals surface area contributed by atoms with Crippen LogP contribution in [-0.2, 0) is 22.6 Å². The Hall–Kier alpha value is -2.35. The van der Waals surface area contributed by atoms with E-state index in [0.29, 0.717) is 5.75 Å². The van der Waals surface area contributed by atoms with Gasteiger partial charge in [0.15, 0.2) is 5.16 Å². The number of anilines is 1. The molecule has 0 unspecified atom stereocenters. The smallest absolute Gasteiger partial charge is 0.234 e. The number of ether oxygens (including phenoxy) is 1. The number of imidazole rings is 1. The lowest BCUT2D eigenvalue weighted by Gasteiger charge is -2.26. The van der Waals surface area contributed by atoms with E-state index in [-0.39, 0.29) is 5.91 Å². The molecule has 1 amide bonds. The molecule has 0 radical (unpaired) electrons. The number of benzene rings is 2. The Morgan fingerprint density at radius 1 is 1.14 bits per heavy atom. The molecule has 1 N–H and O–H groups in total. The number of thioether (sulfide) groups is 1. The second kappa shape index (κ2) is 9.43. The molecule has 1 aliphatic heterocycles. The number of carbonyl (C=O) groups excluding carboxylic acids is 1. The normalized spacial score (nSPS) is 14.9. The first-order valence-electron chi connectivity index (χ1n) is 10.00. The van der Waals surface area contributed by atoms with Gasteiger partial charge < -0.3 is 14.6 Å². The van der Waals surface area contributed by atoms with Gasteiger partial charge in [0.2, 0.25) is 5.91 Å². The fourth-order valence-electron chi connectivity index (χ4n) is 3.51. The summed E-state index contributed by atoms with van der Waals surface area (Å²) in [5.41, 5.74) is 4.14. The van der Waals surface area contributed by atoms with Crippen LogP contribution in [0, 0.1) is 0 Å². The van der Waals surface area contributed by atoms with E-state index < -0.39 is 0 Å². The van der Waals surface area contributed by atoms with Gasteiger partial charge in [-0.25, -0.2) is 4.98 Å². The fourth-order valence-corrected chi connectivity index (χ4v) is 4.39. The quantitative estimate of drug-likeness (QED) is 0.603. The highest BCUT2D eigenvalue weighted by molar-refractivity contribution is 7.99. The minimum absolute atomic E-state index is 0.0226. The first-order valence-corrected chi connectivity index (χ1v) is 11.0. The number of rotatable bonds is 7. The maximum Gasteiger partial charge on any atom is 0.234 e. The molecule has 0 bridgehead atoms. The van der Waals surface area contributed by atoms with Crippen molar-refractivity contribution in [1.82, 2.24) is 14.5 Å². The van der Waals surface area contributed by atoms with E-state index >= 15 is 0 Å². The number of nitrogens with zero attached hydrogens (tertiary/aromatic N) is 3. The van der Waals surface area contributed by atoms with Crippen molar-refractivity contribution in [3.8, 4) is 0 Å². The third-order valence-corrected chi connectivity index (χ3v) is 5.99. The van der Waals surface area contributed by atoms with Gasteiger partial charge in [-0.15, -0.1) is 0 Å². The number of hydrogen-bond acceptors (Lipinski definition) is 5. The van der Waals surface area contributed by atoms with Gasteiger partial charge in [0.05, 0.1) is 30.0 Å². The van der Waals surface area contributed by atoms with Crippen LogP contribution < -0.4 is 5.32 Å². The van der Waals surface area contributed by atoms with Crippen molar-refractivity contribution in [1.29, 1.82) is 0 Å². The molecular weight excluding hydrogens is 384 g/mol. The molecule has 2 heterocycles. The number of aromatic nitrogens is 2. The molecule has 6 nitrogen and oxygen atoms in total. The van der Waals surface area contributed by atoms with Crippen LogP contribution in [-0.4, -0.2) is 52.4 Å². The summed E-state index contributed by atoms with van der Waals surface area (Å²) in [5, 5.41) is 3.86. The van der Waals surface area contributed by atoms with Crippen molar-refractivity contribution in [2.45, 2.75) is 25.2 Å². The zero-order chi connectivity index (χ0) is 20.1. The first kappa shape index (κ1) is 19.9. The Balaban J connectivity index is 1.31. The van der Waals surface area contributed by atoms with Crippen LogP contribution in [0.4, 0.5) is 5.69 Å². The molecular formula is C22H26N4O2S. The third kappa shape index (κ3) is 4.98. The summed E-state index contributed by atoms with van der Waals surface area (Å²) < 4.78 is 7.54. The van der Waals surface area contributed by atoms with Crippen molar-refractivity contribution in [2.24, 2.45) is 0 Å². The van der Waals surface area contributed by atoms with Gasteiger partial charge in [0.25, 0.3) is 0 Å². The number of carbonyl (C=O) groups is 1. The molecule has 0 saturated carbocycles. The van der Waals surface area contributed by atoms with E-state index in [2.05, 4.69) is 44.9 Å². The van der Waals surface area contributed by atoms with Crippen LogP contribution in [0.15, 0.2) is 53.7 Å². The predicted octanol–water partition coefficient (Wildman–Crippen LogP) is 3.62. The number of hydrogen-bond donors (Lipinski definition) is 1. The molecule has 2 aromatic carbocycles. The molecule has 0 aliphatic carbocycles. The molecule has 0 atom stereocenters. The average Bonchev–Trinajstić information content (AvgIpc) is 3.12. The first-order chi connectivity index (χ1) is 14.2. The van der Waals surface area contributed by atoms with Gasteiger partial charge in [0, 0.05) is 31.9 Å². The lowest BCUT2D eigenvalue weighted by molar-refractivity contribution is -0.113. The Kier molecular flexibility index (Phi) is 6.49. The summed E-state index contributed by atoms with van der Waals surface area (Å²) in [7, 11) is 0. The summed E-state index contributed by atoms with van der Waals surface area (Å²) in [6, 6.07) is 16.2. The van der Waals surface area contributed by atoms with Crippen LogP contribution in [0.5, 0.6) is 0 Å². The summed E-state index contributed by atoms with van der Waals surface area (Å²) in [6.07, 6.45) is 0. The summed E-state index contributed by atoms with van der Waals surface area (Å²) in [6.45, 7) is 7.39. The number of para-hydroxylation sites is 2. The Bertz CT molecular complexity index is 965. The molecule has 1 fully saturated rings. The maximum atomic E-state index is 12.4. The Labute approximate surface area is 175 Å². The monoisotopic (exact) mass is 410 g/mol. The minimum atomic E-state index is -0.0226. The van der Waals surface area contributed by atoms with Gasteiger partial charge in [-0.3, -0.25) is 9.69 Å². The topological polar surface area (TPSA) is 59.4 Å². The number of aryl methyl sites for hydroxylation is 1. The van der Waals surface area contributed by atoms with Crippen molar-refractivity contribution in [3.05, 3.63) is 54.1 Å². The third-order valence-electron chi connectivity index (χ3n) is 5.02.